The van der Waals surface area contributed by atoms with Crippen LogP contribution < -0.4 is 0 Å². The van der Waals surface area contributed by atoms with Crippen LogP contribution in [0.1, 0.15) is 53.9 Å². The number of hydrogen-bond acceptors (Lipinski definition) is 0. The van der Waals surface area contributed by atoms with Crippen LogP contribution in [0.5, 0.6) is 0 Å². The molecule has 2 unspecified atom stereocenters. The zero-order valence-corrected chi connectivity index (χ0v) is 9.85. The van der Waals surface area contributed by atoms with Gasteiger partial charge >= 0.3 is 0 Å². The zero-order chi connectivity index (χ0) is 10.1. The van der Waals surface area contributed by atoms with Crippen molar-refractivity contribution in [2.75, 3.05) is 0 Å². The average molecular weight is 180 g/mol. The van der Waals surface area contributed by atoms with Gasteiger partial charge in [-0.1, -0.05) is 39.3 Å². The van der Waals surface area contributed by atoms with Crippen LogP contribution >= 0.6 is 0 Å². The van der Waals surface area contributed by atoms with Crippen molar-refractivity contribution in [2.24, 2.45) is 17.3 Å². The molecule has 0 aliphatic heterocycles. The molecule has 0 heteroatoms. The fourth-order valence-corrected chi connectivity index (χ4v) is 2.62. The minimum Gasteiger partial charge on any atom is -0.0825 e. The van der Waals surface area contributed by atoms with Crippen molar-refractivity contribution < 1.29 is 0 Å². The van der Waals surface area contributed by atoms with E-state index >= 15 is 0 Å². The van der Waals surface area contributed by atoms with Crippen molar-refractivity contribution in [3.63, 3.8) is 0 Å². The van der Waals surface area contributed by atoms with Crippen molar-refractivity contribution in [2.45, 2.75) is 53.9 Å². The first-order valence-corrected chi connectivity index (χ1v) is 5.54. The molecule has 0 aromatic rings. The van der Waals surface area contributed by atoms with E-state index in [1.54, 1.807) is 5.57 Å². The van der Waals surface area contributed by atoms with Gasteiger partial charge in [0.2, 0.25) is 0 Å². The number of allylic oxidation sites excluding steroid dienone is 2. The van der Waals surface area contributed by atoms with Gasteiger partial charge in [-0.3, -0.25) is 0 Å². The van der Waals surface area contributed by atoms with Gasteiger partial charge in [-0.05, 0) is 43.4 Å². The zero-order valence-electron chi connectivity index (χ0n) is 9.85. The molecule has 13 heavy (non-hydrogen) atoms. The second-order valence-corrected chi connectivity index (χ2v) is 6.08. The lowest BCUT2D eigenvalue weighted by molar-refractivity contribution is 0.282. The standard InChI is InChI=1S/C13H24/c1-10-6-11(2)8-12(7-10)9-13(3,4)5/h7,11-12H,6,8-9H2,1-5H3. The lowest BCUT2D eigenvalue weighted by Gasteiger charge is -2.30. The normalized spacial score (nSPS) is 30.1. The molecule has 1 aliphatic rings. The van der Waals surface area contributed by atoms with E-state index in [0.717, 1.165) is 11.8 Å². The summed E-state index contributed by atoms with van der Waals surface area (Å²) >= 11 is 0. The Hall–Kier alpha value is -0.260. The predicted molar refractivity (Wildman–Crippen MR) is 59.7 cm³/mol. The largest absolute Gasteiger partial charge is 0.0825 e. The highest BCUT2D eigenvalue weighted by Crippen LogP contribution is 2.35. The van der Waals surface area contributed by atoms with Crippen LogP contribution in [0.15, 0.2) is 11.6 Å². The summed E-state index contributed by atoms with van der Waals surface area (Å²) in [4.78, 5) is 0. The van der Waals surface area contributed by atoms with E-state index in [1.165, 1.54) is 19.3 Å². The summed E-state index contributed by atoms with van der Waals surface area (Å²) in [6.45, 7) is 11.7. The van der Waals surface area contributed by atoms with Gasteiger partial charge in [-0.15, -0.1) is 0 Å². The number of rotatable bonds is 1. The van der Waals surface area contributed by atoms with Gasteiger partial charge in [0.05, 0.1) is 0 Å². The predicted octanol–water partition coefficient (Wildman–Crippen LogP) is 4.42. The maximum atomic E-state index is 2.51. The molecule has 0 spiro atoms. The maximum absolute atomic E-state index is 2.51. The molecule has 0 amide bonds. The molecule has 0 N–H and O–H groups in total. The molecule has 0 saturated heterocycles. The minimum atomic E-state index is 0.485. The first kappa shape index (κ1) is 10.8. The summed E-state index contributed by atoms with van der Waals surface area (Å²) in [5.41, 5.74) is 2.09. The van der Waals surface area contributed by atoms with Gasteiger partial charge < -0.3 is 0 Å². The summed E-state index contributed by atoms with van der Waals surface area (Å²) < 4.78 is 0. The van der Waals surface area contributed by atoms with Crippen LogP contribution in [0.2, 0.25) is 0 Å². The molecule has 0 aromatic carbocycles. The fraction of sp³-hybridized carbons (Fsp3) is 0.846. The van der Waals surface area contributed by atoms with E-state index in [2.05, 4.69) is 40.7 Å². The Morgan fingerprint density at radius 2 is 2.00 bits per heavy atom. The number of hydrogen-bond donors (Lipinski definition) is 0. The average Bonchev–Trinajstić information content (AvgIpc) is 1.78. The van der Waals surface area contributed by atoms with E-state index in [-0.39, 0.29) is 0 Å². The van der Waals surface area contributed by atoms with Crippen LogP contribution in [0, 0.1) is 17.3 Å². The molecule has 1 rings (SSSR count). The van der Waals surface area contributed by atoms with E-state index in [9.17, 15) is 0 Å². The Morgan fingerprint density at radius 3 is 2.46 bits per heavy atom. The molecule has 0 saturated carbocycles. The summed E-state index contributed by atoms with van der Waals surface area (Å²) in [7, 11) is 0. The highest BCUT2D eigenvalue weighted by Gasteiger charge is 2.22. The van der Waals surface area contributed by atoms with Crippen molar-refractivity contribution in [3.8, 4) is 0 Å². The topological polar surface area (TPSA) is 0 Å². The smallest absolute Gasteiger partial charge is 0.0223 e. The molecule has 76 valence electrons. The third kappa shape index (κ3) is 3.97. The Balaban J connectivity index is 2.56. The van der Waals surface area contributed by atoms with Gasteiger partial charge in [0, 0.05) is 0 Å². The van der Waals surface area contributed by atoms with E-state index in [0.29, 0.717) is 5.41 Å². The summed E-state index contributed by atoms with van der Waals surface area (Å²) in [6.07, 6.45) is 6.56. The van der Waals surface area contributed by atoms with Crippen LogP contribution in [0.4, 0.5) is 0 Å². The monoisotopic (exact) mass is 180 g/mol. The Bertz CT molecular complexity index is 193. The van der Waals surface area contributed by atoms with Crippen molar-refractivity contribution in [1.82, 2.24) is 0 Å². The minimum absolute atomic E-state index is 0.485. The maximum Gasteiger partial charge on any atom is -0.0223 e. The van der Waals surface area contributed by atoms with E-state index in [4.69, 9.17) is 0 Å². The van der Waals surface area contributed by atoms with Gasteiger partial charge in [0.25, 0.3) is 0 Å². The fourth-order valence-electron chi connectivity index (χ4n) is 2.62. The van der Waals surface area contributed by atoms with Crippen LogP contribution in [0.3, 0.4) is 0 Å². The lowest BCUT2D eigenvalue weighted by atomic mass is 9.76. The van der Waals surface area contributed by atoms with E-state index in [1.807, 2.05) is 0 Å². The van der Waals surface area contributed by atoms with Gasteiger partial charge in [0.15, 0.2) is 0 Å². The van der Waals surface area contributed by atoms with Crippen molar-refractivity contribution in [3.05, 3.63) is 11.6 Å². The van der Waals surface area contributed by atoms with Gasteiger partial charge in [0.1, 0.15) is 0 Å². The molecular formula is C13H24. The third-order valence-electron chi connectivity index (χ3n) is 2.77. The molecule has 0 nitrogen and oxygen atoms in total. The second-order valence-electron chi connectivity index (χ2n) is 6.08. The molecular weight excluding hydrogens is 156 g/mol. The molecule has 1 aliphatic carbocycles. The second kappa shape index (κ2) is 3.86. The molecule has 0 heterocycles. The highest BCUT2D eigenvalue weighted by molar-refractivity contribution is 5.06. The van der Waals surface area contributed by atoms with Crippen molar-refractivity contribution >= 4 is 0 Å². The SMILES string of the molecule is CC1=CC(CC(C)(C)C)CC(C)C1. The van der Waals surface area contributed by atoms with Crippen LogP contribution in [-0.4, -0.2) is 0 Å². The quantitative estimate of drug-likeness (QED) is 0.524. The molecule has 0 aromatic heterocycles. The highest BCUT2D eigenvalue weighted by atomic mass is 14.3. The van der Waals surface area contributed by atoms with Crippen LogP contribution in [0.25, 0.3) is 0 Å². The van der Waals surface area contributed by atoms with Crippen LogP contribution in [-0.2, 0) is 0 Å². The molecule has 0 fully saturated rings. The Morgan fingerprint density at radius 1 is 1.38 bits per heavy atom. The summed E-state index contributed by atoms with van der Waals surface area (Å²) in [6, 6.07) is 0. The third-order valence-corrected chi connectivity index (χ3v) is 2.77. The Kier molecular flexibility index (Phi) is 3.21. The molecule has 2 atom stereocenters. The first-order valence-electron chi connectivity index (χ1n) is 5.54. The summed E-state index contributed by atoms with van der Waals surface area (Å²) in [5.74, 6) is 1.74. The van der Waals surface area contributed by atoms with E-state index < -0.39 is 0 Å². The van der Waals surface area contributed by atoms with Crippen molar-refractivity contribution in [1.29, 1.82) is 0 Å². The van der Waals surface area contributed by atoms with Gasteiger partial charge in [-0.2, -0.15) is 0 Å². The summed E-state index contributed by atoms with van der Waals surface area (Å²) in [5, 5.41) is 0. The lowest BCUT2D eigenvalue weighted by Crippen LogP contribution is -2.17. The molecule has 0 radical (unpaired) electrons. The first-order chi connectivity index (χ1) is 5.87. The molecule has 0 bridgehead atoms. The van der Waals surface area contributed by atoms with Gasteiger partial charge in [-0.25, -0.2) is 0 Å². The Labute approximate surface area is 83.4 Å².